The molecule has 7 nitrogen and oxygen atoms in total. The van der Waals surface area contributed by atoms with Crippen LogP contribution in [-0.4, -0.2) is 51.6 Å². The second-order valence-electron chi connectivity index (χ2n) is 15.1. The molecule has 2 rings (SSSR count). The molecule has 0 bridgehead atoms. The van der Waals surface area contributed by atoms with E-state index in [4.69, 9.17) is 33.2 Å². The van der Waals surface area contributed by atoms with Crippen molar-refractivity contribution in [2.45, 2.75) is 194 Å². The van der Waals surface area contributed by atoms with Crippen molar-refractivity contribution >= 4 is 0 Å². The zero-order valence-corrected chi connectivity index (χ0v) is 36.6. The fourth-order valence-electron chi connectivity index (χ4n) is 6.20. The third-order valence-electron chi connectivity index (χ3n) is 9.71. The summed E-state index contributed by atoms with van der Waals surface area (Å²) in [6, 6.07) is 20.4. The van der Waals surface area contributed by atoms with Crippen LogP contribution in [-0.2, 0) is 46.4 Å². The summed E-state index contributed by atoms with van der Waals surface area (Å²) in [5.74, 6) is 0. The normalized spacial score (nSPS) is 13.2. The Bertz CT molecular complexity index is 1050. The smallest absolute Gasteiger partial charge is 0.180 e. The lowest BCUT2D eigenvalue weighted by molar-refractivity contribution is -0.215. The second-order valence-corrected chi connectivity index (χ2v) is 15.1. The number of benzene rings is 2. The maximum atomic E-state index is 6.57. The van der Waals surface area contributed by atoms with Gasteiger partial charge in [0.05, 0.1) is 13.2 Å². The molecule has 0 radical (unpaired) electrons. The van der Waals surface area contributed by atoms with Crippen LogP contribution in [0.2, 0.25) is 0 Å². The van der Waals surface area contributed by atoms with Crippen LogP contribution in [0.3, 0.4) is 0 Å². The van der Waals surface area contributed by atoms with E-state index in [1.807, 2.05) is 48.6 Å². The minimum atomic E-state index is -0.621. The molecule has 324 valence electrons. The number of hydrogen-bond donors (Lipinski definition) is 0. The van der Waals surface area contributed by atoms with Gasteiger partial charge in [0.15, 0.2) is 25.2 Å². The maximum Gasteiger partial charge on any atom is 0.180 e. The predicted molar refractivity (Wildman–Crippen MR) is 236 cm³/mol. The van der Waals surface area contributed by atoms with E-state index in [0.717, 1.165) is 88.9 Å². The minimum Gasteiger partial charge on any atom is -0.353 e. The van der Waals surface area contributed by atoms with Gasteiger partial charge in [-0.3, -0.25) is 0 Å². The van der Waals surface area contributed by atoms with Gasteiger partial charge in [0.1, 0.15) is 0 Å². The third-order valence-corrected chi connectivity index (χ3v) is 9.71. The SMILES string of the molecule is CCCCCCOC(CCC=CC(OCc1ccccc1)OC(C=CCCC(OCCCCCC)OCCCCCC)OCc1ccccc1)OCCCCCC. The summed E-state index contributed by atoms with van der Waals surface area (Å²) < 4.78 is 44.3. The lowest BCUT2D eigenvalue weighted by Gasteiger charge is -2.22. The number of ether oxygens (including phenoxy) is 7. The van der Waals surface area contributed by atoms with E-state index in [1.165, 1.54) is 77.0 Å². The Kier molecular flexibility index (Phi) is 33.7. The fourth-order valence-corrected chi connectivity index (χ4v) is 6.20. The van der Waals surface area contributed by atoms with Crippen molar-refractivity contribution in [1.82, 2.24) is 0 Å². The summed E-state index contributed by atoms with van der Waals surface area (Å²) in [6.07, 6.45) is 28.6. The second kappa shape index (κ2) is 37.9. The Morgan fingerprint density at radius 2 is 0.737 bits per heavy atom. The molecule has 57 heavy (non-hydrogen) atoms. The van der Waals surface area contributed by atoms with Gasteiger partial charge in [0.2, 0.25) is 0 Å². The summed E-state index contributed by atoms with van der Waals surface area (Å²) in [5, 5.41) is 0. The quantitative estimate of drug-likeness (QED) is 0.0378. The highest BCUT2D eigenvalue weighted by Crippen LogP contribution is 2.16. The molecule has 0 saturated heterocycles. The lowest BCUT2D eigenvalue weighted by atomic mass is 10.2. The summed E-state index contributed by atoms with van der Waals surface area (Å²) in [6.45, 7) is 12.7. The van der Waals surface area contributed by atoms with Gasteiger partial charge < -0.3 is 33.2 Å². The van der Waals surface area contributed by atoms with Gasteiger partial charge >= 0.3 is 0 Å². The summed E-state index contributed by atoms with van der Waals surface area (Å²) in [7, 11) is 0. The van der Waals surface area contributed by atoms with Gasteiger partial charge in [-0.05, 0) is 61.8 Å². The molecule has 0 heterocycles. The number of hydrogen-bond acceptors (Lipinski definition) is 7. The Hall–Kier alpha value is -2.36. The molecular formula is C50H82O7. The maximum absolute atomic E-state index is 6.57. The van der Waals surface area contributed by atoms with Crippen LogP contribution in [0, 0.1) is 0 Å². The largest absolute Gasteiger partial charge is 0.353 e. The zero-order chi connectivity index (χ0) is 40.7. The minimum absolute atomic E-state index is 0.211. The predicted octanol–water partition coefficient (Wildman–Crippen LogP) is 13.8. The Morgan fingerprint density at radius 3 is 1.05 bits per heavy atom. The third kappa shape index (κ3) is 29.5. The van der Waals surface area contributed by atoms with Crippen LogP contribution >= 0.6 is 0 Å². The summed E-state index contributed by atoms with van der Waals surface area (Å²) in [4.78, 5) is 0. The van der Waals surface area contributed by atoms with E-state index >= 15 is 0 Å². The molecule has 0 spiro atoms. The van der Waals surface area contributed by atoms with Crippen molar-refractivity contribution in [3.63, 3.8) is 0 Å². The first-order chi connectivity index (χ1) is 28.2. The Labute approximate surface area is 349 Å². The highest BCUT2D eigenvalue weighted by molar-refractivity contribution is 5.14. The molecule has 0 saturated carbocycles. The van der Waals surface area contributed by atoms with E-state index in [1.54, 1.807) is 0 Å². The molecule has 0 N–H and O–H groups in total. The molecule has 0 fully saturated rings. The molecule has 0 aromatic heterocycles. The molecule has 0 aliphatic carbocycles. The van der Waals surface area contributed by atoms with Gasteiger partial charge in [0.25, 0.3) is 0 Å². The average Bonchev–Trinajstić information content (AvgIpc) is 3.24. The molecule has 2 unspecified atom stereocenters. The molecule has 7 heteroatoms. The molecule has 2 aromatic carbocycles. The number of allylic oxidation sites excluding steroid dienone is 2. The van der Waals surface area contributed by atoms with Gasteiger partial charge in [-0.1, -0.05) is 178 Å². The van der Waals surface area contributed by atoms with Crippen LogP contribution in [0.25, 0.3) is 0 Å². The van der Waals surface area contributed by atoms with Crippen LogP contribution < -0.4 is 0 Å². The summed E-state index contributed by atoms with van der Waals surface area (Å²) in [5.41, 5.74) is 2.17. The van der Waals surface area contributed by atoms with Crippen LogP contribution in [0.4, 0.5) is 0 Å². The van der Waals surface area contributed by atoms with Crippen molar-refractivity contribution < 1.29 is 33.2 Å². The molecule has 2 aromatic rings. The van der Waals surface area contributed by atoms with Gasteiger partial charge in [-0.2, -0.15) is 0 Å². The molecule has 0 aliphatic heterocycles. The summed E-state index contributed by atoms with van der Waals surface area (Å²) >= 11 is 0. The number of rotatable bonds is 40. The first-order valence-electron chi connectivity index (χ1n) is 22.9. The van der Waals surface area contributed by atoms with E-state index in [2.05, 4.69) is 64.1 Å². The van der Waals surface area contributed by atoms with Gasteiger partial charge in [-0.25, -0.2) is 0 Å². The van der Waals surface area contributed by atoms with Crippen LogP contribution in [0.15, 0.2) is 85.0 Å². The van der Waals surface area contributed by atoms with Crippen molar-refractivity contribution in [2.24, 2.45) is 0 Å². The average molecular weight is 795 g/mol. The van der Waals surface area contributed by atoms with Crippen molar-refractivity contribution in [3.8, 4) is 0 Å². The number of unbranched alkanes of at least 4 members (excludes halogenated alkanes) is 12. The van der Waals surface area contributed by atoms with Crippen LogP contribution in [0.5, 0.6) is 0 Å². The van der Waals surface area contributed by atoms with Crippen molar-refractivity contribution in [2.75, 3.05) is 26.4 Å². The molecule has 0 amide bonds. The highest BCUT2D eigenvalue weighted by atomic mass is 16.8. The standard InChI is InChI=1S/C50H82O7/c1-5-9-13-27-39-51-47(52-40-28-14-10-6-2)35-23-25-37-49(55-43-45-31-19-17-20-32-45)57-50(56-44-46-33-21-18-22-34-46)38-26-24-36-48(53-41-29-15-11-7-3)54-42-30-16-12-8-4/h17-22,25-26,31-34,37-38,47-50H,5-16,23-24,27-30,35-36,39-44H2,1-4H3. The monoisotopic (exact) mass is 795 g/mol. The molecule has 0 aliphatic rings. The van der Waals surface area contributed by atoms with Crippen molar-refractivity contribution in [3.05, 3.63) is 96.1 Å². The zero-order valence-electron chi connectivity index (χ0n) is 36.6. The van der Waals surface area contributed by atoms with E-state index in [9.17, 15) is 0 Å². The van der Waals surface area contributed by atoms with Crippen molar-refractivity contribution in [1.29, 1.82) is 0 Å². The Morgan fingerprint density at radius 1 is 0.404 bits per heavy atom. The van der Waals surface area contributed by atoms with Crippen LogP contribution in [0.1, 0.15) is 167 Å². The van der Waals surface area contributed by atoms with E-state index in [-0.39, 0.29) is 12.6 Å². The first-order valence-corrected chi connectivity index (χ1v) is 22.9. The van der Waals surface area contributed by atoms with E-state index < -0.39 is 12.6 Å². The lowest BCUT2D eigenvalue weighted by Crippen LogP contribution is -2.24. The molecular weight excluding hydrogens is 713 g/mol. The fraction of sp³-hybridized carbons (Fsp3) is 0.680. The molecule has 2 atom stereocenters. The Balaban J connectivity index is 2.11. The van der Waals surface area contributed by atoms with Gasteiger partial charge in [0, 0.05) is 39.3 Å². The van der Waals surface area contributed by atoms with E-state index in [0.29, 0.717) is 13.2 Å². The first kappa shape index (κ1) is 50.8. The van der Waals surface area contributed by atoms with Gasteiger partial charge in [-0.15, -0.1) is 0 Å². The highest BCUT2D eigenvalue weighted by Gasteiger charge is 2.16. The topological polar surface area (TPSA) is 64.6 Å².